The van der Waals surface area contributed by atoms with Crippen molar-refractivity contribution in [2.45, 2.75) is 140 Å². The van der Waals surface area contributed by atoms with E-state index in [0.717, 1.165) is 0 Å². The molecule has 0 radical (unpaired) electrons. The number of carbonyl (C=O) groups excluding carboxylic acids is 1. The number of aromatic carboxylic acids is 2. The topological polar surface area (TPSA) is 77.4 Å². The van der Waals surface area contributed by atoms with Gasteiger partial charge in [-0.1, -0.05) is 131 Å². The Morgan fingerprint density at radius 3 is 1.22 bits per heavy atom. The zero-order chi connectivity index (χ0) is 33.2. The van der Waals surface area contributed by atoms with Crippen molar-refractivity contribution < 1.29 is 24.3 Å². The molecule has 0 unspecified atom stereocenters. The maximum Gasteiger partial charge on any atom is 0.336 e. The first-order valence-corrected chi connectivity index (χ1v) is 19.8. The Labute approximate surface area is 283 Å². The smallest absolute Gasteiger partial charge is 0.336 e. The van der Waals surface area contributed by atoms with E-state index in [1.54, 1.807) is 36.4 Å². The Hall–Kier alpha value is -1.96. The van der Waals surface area contributed by atoms with Gasteiger partial charge in [0.1, 0.15) is 0 Å². The van der Waals surface area contributed by atoms with Crippen molar-refractivity contribution in [2.75, 3.05) is 26.2 Å². The third-order valence-corrected chi connectivity index (χ3v) is 10.9. The number of carboxylic acids is 2. The van der Waals surface area contributed by atoms with Crippen molar-refractivity contribution in [2.24, 2.45) is 0 Å². The number of hydrogen-bond acceptors (Lipinski definition) is 5. The number of rotatable bonds is 25. The van der Waals surface area contributed by atoms with Crippen molar-refractivity contribution in [3.63, 3.8) is 0 Å². The van der Waals surface area contributed by atoms with Crippen molar-refractivity contribution in [3.8, 4) is 0 Å². The molecule has 0 aliphatic carbocycles. The average molecular weight is 660 g/mol. The predicted molar refractivity (Wildman–Crippen MR) is 192 cm³/mol. The summed E-state index contributed by atoms with van der Waals surface area (Å²) in [6.07, 6.45) is 22.8. The quantitative estimate of drug-likeness (QED) is 0.0649. The molecule has 0 saturated carbocycles. The van der Waals surface area contributed by atoms with Crippen LogP contribution in [0.25, 0.3) is 0 Å². The van der Waals surface area contributed by atoms with Gasteiger partial charge in [-0.3, -0.25) is 0 Å². The monoisotopic (exact) mass is 659 g/mol. The van der Waals surface area contributed by atoms with Gasteiger partial charge < -0.3 is 19.5 Å². The second-order valence-corrected chi connectivity index (χ2v) is 14.4. The number of quaternary nitrogens is 1. The predicted octanol–water partition coefficient (Wildman–Crippen LogP) is 10.7. The van der Waals surface area contributed by atoms with Gasteiger partial charge in [-0.15, -0.1) is 0 Å². The van der Waals surface area contributed by atoms with Crippen molar-refractivity contribution in [1.82, 2.24) is 0 Å². The minimum atomic E-state index is -1.25. The molecular weight excluding hydrogens is 599 g/mol. The summed E-state index contributed by atoms with van der Waals surface area (Å²) in [5.74, 6) is -2.26. The molecule has 254 valence electrons. The molecule has 0 aliphatic rings. The van der Waals surface area contributed by atoms with E-state index in [4.69, 9.17) is 5.11 Å². The SMILES string of the molecule is CCCCCC[N+](CCCCCC)(CCCCCC)CCCCCC.O=C([O-])c1ccccc1SSc1ccccc1C(=O)O. The van der Waals surface area contributed by atoms with Crippen LogP contribution in [-0.4, -0.2) is 47.7 Å². The summed E-state index contributed by atoms with van der Waals surface area (Å²) in [4.78, 5) is 23.2. The fourth-order valence-electron chi connectivity index (χ4n) is 5.68. The van der Waals surface area contributed by atoms with Gasteiger partial charge in [-0.05, 0) is 69.6 Å². The Balaban J connectivity index is 0.000000459. The summed E-state index contributed by atoms with van der Waals surface area (Å²) in [5.41, 5.74) is 0.286. The molecule has 2 rings (SSSR count). The highest BCUT2D eigenvalue weighted by Crippen LogP contribution is 2.40. The summed E-state index contributed by atoms with van der Waals surface area (Å²) in [6.45, 7) is 15.2. The maximum absolute atomic E-state index is 11.1. The highest BCUT2D eigenvalue weighted by Gasteiger charge is 2.25. The van der Waals surface area contributed by atoms with Crippen LogP contribution in [0.1, 0.15) is 151 Å². The highest BCUT2D eigenvalue weighted by atomic mass is 33.1. The second kappa shape index (κ2) is 26.1. The molecule has 0 atom stereocenters. The van der Waals surface area contributed by atoms with Gasteiger partial charge in [0, 0.05) is 15.4 Å². The first-order chi connectivity index (χ1) is 21.8. The van der Waals surface area contributed by atoms with E-state index in [2.05, 4.69) is 27.7 Å². The molecule has 0 bridgehead atoms. The Morgan fingerprint density at radius 1 is 0.556 bits per heavy atom. The summed E-state index contributed by atoms with van der Waals surface area (Å²) in [7, 11) is 2.40. The lowest BCUT2D eigenvalue weighted by Crippen LogP contribution is -2.50. The lowest BCUT2D eigenvalue weighted by molar-refractivity contribution is -0.929. The molecule has 2 aromatic rings. The highest BCUT2D eigenvalue weighted by molar-refractivity contribution is 8.76. The van der Waals surface area contributed by atoms with Gasteiger partial charge in [0.05, 0.1) is 37.7 Å². The maximum atomic E-state index is 11.1. The normalized spacial score (nSPS) is 11.2. The van der Waals surface area contributed by atoms with E-state index in [9.17, 15) is 14.7 Å². The number of carboxylic acid groups (broad SMARTS) is 2. The Bertz CT molecular complexity index is 951. The van der Waals surface area contributed by atoms with Crippen molar-refractivity contribution >= 4 is 33.5 Å². The van der Waals surface area contributed by atoms with Crippen LogP contribution in [0.2, 0.25) is 0 Å². The summed E-state index contributed by atoms with van der Waals surface area (Å²) >= 11 is 0. The van der Waals surface area contributed by atoms with Gasteiger partial charge >= 0.3 is 5.97 Å². The minimum absolute atomic E-state index is 0.0952. The fourth-order valence-corrected chi connectivity index (χ4v) is 8.03. The van der Waals surface area contributed by atoms with Crippen LogP contribution in [0.15, 0.2) is 58.3 Å². The van der Waals surface area contributed by atoms with E-state index < -0.39 is 11.9 Å². The standard InChI is InChI=1S/C24H52N.C14H10O4S2/c1-5-9-13-17-21-25(22-18-14-10-6-2,23-19-15-11-7-3)24-20-16-12-8-4;15-13(16)9-5-1-3-7-11(9)19-20-12-8-4-2-6-10(12)14(17)18/h5-24H2,1-4H3;1-8H,(H,15,16)(H,17,18)/q+1;/p-1. The minimum Gasteiger partial charge on any atom is -0.545 e. The zero-order valence-electron chi connectivity index (χ0n) is 28.7. The third-order valence-electron chi connectivity index (χ3n) is 8.39. The summed E-state index contributed by atoms with van der Waals surface area (Å²) in [5, 5.41) is 20.1. The molecular formula is C38H61NO4S2. The van der Waals surface area contributed by atoms with Crippen LogP contribution in [0.5, 0.6) is 0 Å². The first-order valence-electron chi connectivity index (χ1n) is 17.7. The van der Waals surface area contributed by atoms with Crippen LogP contribution >= 0.6 is 21.6 Å². The molecule has 45 heavy (non-hydrogen) atoms. The lowest BCUT2D eigenvalue weighted by Gasteiger charge is -2.39. The lowest BCUT2D eigenvalue weighted by atomic mass is 10.1. The molecule has 0 saturated heterocycles. The van der Waals surface area contributed by atoms with E-state index in [0.29, 0.717) is 9.79 Å². The van der Waals surface area contributed by atoms with Crippen LogP contribution in [0.3, 0.4) is 0 Å². The number of hydrogen-bond donors (Lipinski definition) is 1. The molecule has 0 amide bonds. The van der Waals surface area contributed by atoms with Crippen LogP contribution < -0.4 is 5.11 Å². The van der Waals surface area contributed by atoms with Gasteiger partial charge in [0.15, 0.2) is 0 Å². The van der Waals surface area contributed by atoms with E-state index in [1.807, 2.05) is 0 Å². The first kappa shape index (κ1) is 41.1. The largest absolute Gasteiger partial charge is 0.545 e. The van der Waals surface area contributed by atoms with Crippen LogP contribution in [-0.2, 0) is 0 Å². The van der Waals surface area contributed by atoms with Gasteiger partial charge in [-0.2, -0.15) is 0 Å². The number of unbranched alkanes of at least 4 members (excludes halogenated alkanes) is 12. The third kappa shape index (κ3) is 18.1. The molecule has 0 spiro atoms. The molecule has 0 heterocycles. The molecule has 0 aromatic heterocycles. The van der Waals surface area contributed by atoms with E-state index in [-0.39, 0.29) is 11.1 Å². The molecule has 2 aromatic carbocycles. The summed E-state index contributed by atoms with van der Waals surface area (Å²) < 4.78 is 1.46. The van der Waals surface area contributed by atoms with Crippen molar-refractivity contribution in [3.05, 3.63) is 59.7 Å². The van der Waals surface area contributed by atoms with Gasteiger partial charge in [-0.25, -0.2) is 4.79 Å². The Kier molecular flexibility index (Phi) is 23.9. The van der Waals surface area contributed by atoms with E-state index >= 15 is 0 Å². The fraction of sp³-hybridized carbons (Fsp3) is 0.632. The molecule has 5 nitrogen and oxygen atoms in total. The van der Waals surface area contributed by atoms with Crippen molar-refractivity contribution in [1.29, 1.82) is 0 Å². The molecule has 0 aliphatic heterocycles. The Morgan fingerprint density at radius 2 is 0.889 bits per heavy atom. The molecule has 7 heteroatoms. The number of carbonyl (C=O) groups is 2. The summed E-state index contributed by atoms with van der Waals surface area (Å²) in [6, 6.07) is 13.0. The molecule has 0 fully saturated rings. The van der Waals surface area contributed by atoms with Gasteiger partial charge in [0.2, 0.25) is 0 Å². The zero-order valence-corrected chi connectivity index (χ0v) is 30.3. The van der Waals surface area contributed by atoms with Crippen LogP contribution in [0.4, 0.5) is 0 Å². The average Bonchev–Trinajstić information content (AvgIpc) is 3.05. The number of nitrogens with zero attached hydrogens (tertiary/aromatic N) is 1. The van der Waals surface area contributed by atoms with E-state index in [1.165, 1.54) is 167 Å². The van der Waals surface area contributed by atoms with Gasteiger partial charge in [0.25, 0.3) is 0 Å². The molecule has 1 N–H and O–H groups in total. The number of benzene rings is 2. The second-order valence-electron chi connectivity index (χ2n) is 12.2. The van der Waals surface area contributed by atoms with Crippen LogP contribution in [0, 0.1) is 0 Å².